The number of sulfonamides is 1. The SMILES string of the molecule is CN(C)[C@@H]1CCN(c2ccc(S(=O)(=O)N3CC(=O)N(c4cc(-c5ccccc5)sc4C(=O)O)[C@H](C4CCCCC4)C3)cn2)C1. The first-order valence-electron chi connectivity index (χ1n) is 15.3. The third-order valence-electron chi connectivity index (χ3n) is 9.30. The number of carboxylic acids is 1. The molecule has 4 heterocycles. The van der Waals surface area contributed by atoms with Gasteiger partial charge in [-0.05, 0) is 63.0 Å². The number of likely N-dealkylation sites (N-methyl/N-ethyl adjacent to an activating group) is 1. The minimum Gasteiger partial charge on any atom is -0.477 e. The monoisotopic (exact) mass is 637 g/mol. The molecule has 2 aromatic heterocycles. The zero-order valence-corrected chi connectivity index (χ0v) is 26.8. The van der Waals surface area contributed by atoms with Gasteiger partial charge in [-0.25, -0.2) is 18.2 Å². The maximum atomic E-state index is 14.0. The third-order valence-corrected chi connectivity index (χ3v) is 12.3. The molecule has 3 aliphatic rings. The van der Waals surface area contributed by atoms with Gasteiger partial charge in [0.25, 0.3) is 0 Å². The van der Waals surface area contributed by atoms with Crippen LogP contribution in [0.25, 0.3) is 10.4 Å². The molecule has 12 heteroatoms. The third kappa shape index (κ3) is 6.00. The molecule has 234 valence electrons. The van der Waals surface area contributed by atoms with Crippen molar-refractivity contribution in [1.29, 1.82) is 0 Å². The lowest BCUT2D eigenvalue weighted by Crippen LogP contribution is -2.60. The van der Waals surface area contributed by atoms with Crippen molar-refractivity contribution in [3.8, 4) is 10.4 Å². The van der Waals surface area contributed by atoms with Crippen molar-refractivity contribution in [2.75, 3.05) is 50.1 Å². The first-order chi connectivity index (χ1) is 21.1. The van der Waals surface area contributed by atoms with Crippen molar-refractivity contribution in [3.05, 3.63) is 59.6 Å². The molecule has 6 rings (SSSR count). The lowest BCUT2D eigenvalue weighted by atomic mass is 9.82. The highest BCUT2D eigenvalue weighted by Gasteiger charge is 2.44. The van der Waals surface area contributed by atoms with Gasteiger partial charge in [0.15, 0.2) is 0 Å². The Morgan fingerprint density at radius 2 is 1.77 bits per heavy atom. The van der Waals surface area contributed by atoms with Crippen molar-refractivity contribution in [2.45, 2.75) is 55.5 Å². The summed E-state index contributed by atoms with van der Waals surface area (Å²) in [5, 5.41) is 10.2. The molecule has 1 aromatic carbocycles. The Balaban J connectivity index is 1.30. The van der Waals surface area contributed by atoms with Gasteiger partial charge in [0.2, 0.25) is 15.9 Å². The van der Waals surface area contributed by atoms with E-state index in [0.717, 1.165) is 79.2 Å². The van der Waals surface area contributed by atoms with Crippen LogP contribution in [0, 0.1) is 5.92 Å². The van der Waals surface area contributed by atoms with Crippen LogP contribution in [0.3, 0.4) is 0 Å². The molecular formula is C32H39N5O5S2. The fraction of sp³-hybridized carbons (Fsp3) is 0.469. The van der Waals surface area contributed by atoms with E-state index in [0.29, 0.717) is 11.7 Å². The zero-order valence-electron chi connectivity index (χ0n) is 25.1. The van der Waals surface area contributed by atoms with E-state index >= 15 is 0 Å². The normalized spacial score (nSPS) is 22.2. The predicted molar refractivity (Wildman–Crippen MR) is 172 cm³/mol. The number of piperazine rings is 1. The molecule has 44 heavy (non-hydrogen) atoms. The number of aromatic nitrogens is 1. The van der Waals surface area contributed by atoms with Crippen molar-refractivity contribution in [3.63, 3.8) is 0 Å². The summed E-state index contributed by atoms with van der Waals surface area (Å²) >= 11 is 1.14. The molecule has 1 aliphatic carbocycles. The van der Waals surface area contributed by atoms with E-state index in [2.05, 4.69) is 28.9 Å². The summed E-state index contributed by atoms with van der Waals surface area (Å²) in [5.74, 6) is -0.708. The van der Waals surface area contributed by atoms with Crippen LogP contribution in [0.4, 0.5) is 11.5 Å². The average molecular weight is 638 g/mol. The lowest BCUT2D eigenvalue weighted by Gasteiger charge is -2.44. The van der Waals surface area contributed by atoms with Gasteiger partial charge in [0.1, 0.15) is 15.6 Å². The van der Waals surface area contributed by atoms with Crippen LogP contribution < -0.4 is 9.80 Å². The smallest absolute Gasteiger partial charge is 0.348 e. The summed E-state index contributed by atoms with van der Waals surface area (Å²) in [5.41, 5.74) is 1.22. The molecule has 3 aromatic rings. The Labute approximate surface area is 263 Å². The Kier molecular flexibility index (Phi) is 8.78. The first kappa shape index (κ1) is 30.7. The molecule has 2 aliphatic heterocycles. The van der Waals surface area contributed by atoms with Crippen molar-refractivity contribution >= 4 is 44.7 Å². The van der Waals surface area contributed by atoms with E-state index in [9.17, 15) is 23.1 Å². The van der Waals surface area contributed by atoms with E-state index in [1.165, 1.54) is 10.5 Å². The van der Waals surface area contributed by atoms with E-state index in [-0.39, 0.29) is 28.8 Å². The summed E-state index contributed by atoms with van der Waals surface area (Å²) in [6.45, 7) is 1.43. The maximum Gasteiger partial charge on any atom is 0.348 e. The molecular weight excluding hydrogens is 599 g/mol. The van der Waals surface area contributed by atoms with E-state index in [1.807, 2.05) is 30.3 Å². The number of benzene rings is 1. The highest BCUT2D eigenvalue weighted by molar-refractivity contribution is 7.89. The van der Waals surface area contributed by atoms with Crippen LogP contribution in [-0.4, -0.2) is 91.9 Å². The number of pyridine rings is 1. The zero-order chi connectivity index (χ0) is 31.0. The number of anilines is 2. The summed E-state index contributed by atoms with van der Waals surface area (Å²) < 4.78 is 29.2. The molecule has 3 fully saturated rings. The molecule has 2 atom stereocenters. The molecule has 0 unspecified atom stereocenters. The van der Waals surface area contributed by atoms with Crippen molar-refractivity contribution in [2.24, 2.45) is 5.92 Å². The van der Waals surface area contributed by atoms with E-state index in [4.69, 9.17) is 0 Å². The lowest BCUT2D eigenvalue weighted by molar-refractivity contribution is -0.121. The van der Waals surface area contributed by atoms with Gasteiger partial charge in [0.05, 0.1) is 18.3 Å². The van der Waals surface area contributed by atoms with Crippen LogP contribution in [0.5, 0.6) is 0 Å². The number of carbonyl (C=O) groups excluding carboxylic acids is 1. The van der Waals surface area contributed by atoms with Crippen molar-refractivity contribution in [1.82, 2.24) is 14.2 Å². The number of rotatable bonds is 8. The molecule has 10 nitrogen and oxygen atoms in total. The van der Waals surface area contributed by atoms with Crippen molar-refractivity contribution < 1.29 is 23.1 Å². The number of aromatic carboxylic acids is 1. The van der Waals surface area contributed by atoms with Gasteiger partial charge < -0.3 is 19.8 Å². The maximum absolute atomic E-state index is 14.0. The Morgan fingerprint density at radius 3 is 2.41 bits per heavy atom. The summed E-state index contributed by atoms with van der Waals surface area (Å²) in [6.07, 6.45) is 7.23. The Morgan fingerprint density at radius 1 is 1.02 bits per heavy atom. The minimum absolute atomic E-state index is 0.0568. The molecule has 1 saturated carbocycles. The second-order valence-corrected chi connectivity index (χ2v) is 15.2. The minimum atomic E-state index is -4.02. The van der Waals surface area contributed by atoms with Crippen LogP contribution in [0.1, 0.15) is 48.2 Å². The van der Waals surface area contributed by atoms with Gasteiger partial charge in [-0.3, -0.25) is 4.79 Å². The topological polar surface area (TPSA) is 114 Å². The number of thiophene rings is 1. The highest BCUT2D eigenvalue weighted by atomic mass is 32.2. The summed E-state index contributed by atoms with van der Waals surface area (Å²) in [7, 11) is 0.0970. The van der Waals surface area contributed by atoms with E-state index < -0.39 is 27.9 Å². The number of hydrogen-bond donors (Lipinski definition) is 1. The quantitative estimate of drug-likeness (QED) is 0.380. The fourth-order valence-corrected chi connectivity index (χ4v) is 9.18. The van der Waals surface area contributed by atoms with Gasteiger partial charge in [-0.1, -0.05) is 49.6 Å². The van der Waals surface area contributed by atoms with Gasteiger partial charge in [-0.15, -0.1) is 11.3 Å². The Bertz CT molecular complexity index is 1600. The van der Waals surface area contributed by atoms with Crippen LogP contribution >= 0.6 is 11.3 Å². The highest BCUT2D eigenvalue weighted by Crippen LogP contribution is 2.42. The number of hydrogen-bond acceptors (Lipinski definition) is 8. The molecule has 2 saturated heterocycles. The second-order valence-electron chi connectivity index (χ2n) is 12.2. The standard InChI is InChI=1S/C32H39N5O5S2/c1-34(2)24-15-16-35(19-24)29-14-13-25(18-33-29)44(41,42)36-20-27(22-9-5-3-6-10-22)37(30(38)21-36)26-17-28(43-31(26)32(39)40)23-11-7-4-8-12-23/h4,7-8,11-14,17-18,22,24,27H,3,5-6,9-10,15-16,19-21H2,1-2H3,(H,39,40)/t24-,27+/m1/s1. The molecule has 0 radical (unpaired) electrons. The number of carboxylic acid groups (broad SMARTS) is 1. The summed E-state index contributed by atoms with van der Waals surface area (Å²) in [6, 6.07) is 14.6. The number of amides is 1. The fourth-order valence-electron chi connectivity index (χ4n) is 6.83. The Hall–Kier alpha value is -3.32. The largest absolute Gasteiger partial charge is 0.477 e. The number of nitrogens with zero attached hydrogens (tertiary/aromatic N) is 5. The molecule has 1 N–H and O–H groups in total. The molecule has 0 spiro atoms. The van der Waals surface area contributed by atoms with Gasteiger partial charge in [0, 0.05) is 36.8 Å². The second kappa shape index (κ2) is 12.6. The van der Waals surface area contributed by atoms with Gasteiger partial charge in [-0.2, -0.15) is 4.31 Å². The molecule has 1 amide bonds. The number of carbonyl (C=O) groups is 2. The van der Waals surface area contributed by atoms with Crippen LogP contribution in [-0.2, 0) is 14.8 Å². The predicted octanol–water partition coefficient (Wildman–Crippen LogP) is 4.64. The van der Waals surface area contributed by atoms with Crippen LogP contribution in [0.2, 0.25) is 0 Å². The van der Waals surface area contributed by atoms with E-state index in [1.54, 1.807) is 23.1 Å². The summed E-state index contributed by atoms with van der Waals surface area (Å²) in [4.78, 5) is 37.8. The molecule has 0 bridgehead atoms. The average Bonchev–Trinajstić information content (AvgIpc) is 3.71. The first-order valence-corrected chi connectivity index (χ1v) is 17.5. The van der Waals surface area contributed by atoms with Gasteiger partial charge >= 0.3 is 5.97 Å². The van der Waals surface area contributed by atoms with Crippen LogP contribution in [0.15, 0.2) is 59.6 Å².